The third-order valence-electron chi connectivity index (χ3n) is 3.99. The van der Waals surface area contributed by atoms with Crippen molar-refractivity contribution >= 4 is 21.6 Å². The predicted molar refractivity (Wildman–Crippen MR) is 107 cm³/mol. The predicted octanol–water partition coefficient (Wildman–Crippen LogP) is 2.55. The van der Waals surface area contributed by atoms with Crippen LogP contribution in [0.4, 0.5) is 0 Å². The molecule has 0 aliphatic heterocycles. The maximum absolute atomic E-state index is 12.3. The SMILES string of the molecule is COc1ccc(-c2ccc(=O)n(CCNS(=O)(=O)c3ccc(Cl)cc3)n2)cc1. The Balaban J connectivity index is 1.72. The molecule has 1 N–H and O–H groups in total. The number of hydrogen-bond acceptors (Lipinski definition) is 5. The zero-order valence-corrected chi connectivity index (χ0v) is 16.6. The molecule has 9 heteroatoms. The summed E-state index contributed by atoms with van der Waals surface area (Å²) in [6.45, 7) is 0.111. The van der Waals surface area contributed by atoms with Gasteiger partial charge in [-0.1, -0.05) is 11.6 Å². The lowest BCUT2D eigenvalue weighted by molar-refractivity contribution is 0.415. The quantitative estimate of drug-likeness (QED) is 0.635. The highest BCUT2D eigenvalue weighted by Crippen LogP contribution is 2.19. The number of ether oxygens (including phenoxy) is 1. The van der Waals surface area contributed by atoms with Gasteiger partial charge in [-0.3, -0.25) is 4.79 Å². The van der Waals surface area contributed by atoms with Crippen molar-refractivity contribution in [3.8, 4) is 17.0 Å². The van der Waals surface area contributed by atoms with E-state index in [1.54, 1.807) is 25.3 Å². The first-order valence-corrected chi connectivity index (χ1v) is 10.2. The lowest BCUT2D eigenvalue weighted by Crippen LogP contribution is -2.32. The van der Waals surface area contributed by atoms with Crippen molar-refractivity contribution in [3.05, 3.63) is 76.0 Å². The fraction of sp³-hybridized carbons (Fsp3) is 0.158. The summed E-state index contributed by atoms with van der Waals surface area (Å²) in [5.41, 5.74) is 1.10. The van der Waals surface area contributed by atoms with Gasteiger partial charge in [-0.2, -0.15) is 5.10 Å². The minimum atomic E-state index is -3.70. The van der Waals surface area contributed by atoms with Crippen LogP contribution in [0.15, 0.2) is 70.4 Å². The first-order valence-electron chi connectivity index (χ1n) is 8.37. The highest BCUT2D eigenvalue weighted by molar-refractivity contribution is 7.89. The van der Waals surface area contributed by atoms with E-state index < -0.39 is 10.0 Å². The molecule has 0 aliphatic carbocycles. The molecule has 0 aliphatic rings. The average molecular weight is 420 g/mol. The first kappa shape index (κ1) is 20.1. The van der Waals surface area contributed by atoms with Gasteiger partial charge in [0.2, 0.25) is 10.0 Å². The summed E-state index contributed by atoms with van der Waals surface area (Å²) in [4.78, 5) is 12.2. The molecule has 7 nitrogen and oxygen atoms in total. The summed E-state index contributed by atoms with van der Waals surface area (Å²) in [5, 5.41) is 4.76. The van der Waals surface area contributed by atoms with Crippen LogP contribution in [-0.4, -0.2) is 31.9 Å². The van der Waals surface area contributed by atoms with Gasteiger partial charge in [0, 0.05) is 23.2 Å². The smallest absolute Gasteiger partial charge is 0.266 e. The number of nitrogens with zero attached hydrogens (tertiary/aromatic N) is 2. The highest BCUT2D eigenvalue weighted by atomic mass is 35.5. The molecular formula is C19H18ClN3O4S. The van der Waals surface area contributed by atoms with E-state index in [4.69, 9.17) is 16.3 Å². The number of benzene rings is 2. The van der Waals surface area contributed by atoms with Crippen LogP contribution in [0.25, 0.3) is 11.3 Å². The van der Waals surface area contributed by atoms with Gasteiger partial charge in [0.05, 0.1) is 24.2 Å². The van der Waals surface area contributed by atoms with Crippen molar-refractivity contribution in [1.82, 2.24) is 14.5 Å². The third kappa shape index (κ3) is 4.78. The zero-order chi connectivity index (χ0) is 20.1. The maximum atomic E-state index is 12.3. The van der Waals surface area contributed by atoms with Gasteiger partial charge in [0.1, 0.15) is 5.75 Å². The van der Waals surface area contributed by atoms with Gasteiger partial charge in [-0.05, 0) is 54.6 Å². The molecule has 0 bridgehead atoms. The zero-order valence-electron chi connectivity index (χ0n) is 15.0. The summed E-state index contributed by atoms with van der Waals surface area (Å²) in [6.07, 6.45) is 0. The molecule has 1 heterocycles. The molecule has 0 fully saturated rings. The van der Waals surface area contributed by atoms with Crippen molar-refractivity contribution < 1.29 is 13.2 Å². The normalized spacial score (nSPS) is 11.4. The molecule has 3 aromatic rings. The van der Waals surface area contributed by atoms with Crippen molar-refractivity contribution in [2.75, 3.05) is 13.7 Å². The van der Waals surface area contributed by atoms with Gasteiger partial charge < -0.3 is 4.74 Å². The second-order valence-electron chi connectivity index (χ2n) is 5.86. The number of methoxy groups -OCH3 is 1. The molecule has 1 aromatic heterocycles. The Morgan fingerprint density at radius 3 is 2.36 bits per heavy atom. The van der Waals surface area contributed by atoms with E-state index in [0.717, 1.165) is 5.56 Å². The fourth-order valence-electron chi connectivity index (χ4n) is 2.51. The fourth-order valence-corrected chi connectivity index (χ4v) is 3.65. The molecule has 146 valence electrons. The summed E-state index contributed by atoms with van der Waals surface area (Å²) in [6, 6.07) is 16.1. The van der Waals surface area contributed by atoms with Crippen LogP contribution in [-0.2, 0) is 16.6 Å². The van der Waals surface area contributed by atoms with Gasteiger partial charge in [-0.15, -0.1) is 0 Å². The molecule has 2 aromatic carbocycles. The van der Waals surface area contributed by atoms with Crippen LogP contribution in [0.2, 0.25) is 5.02 Å². The lowest BCUT2D eigenvalue weighted by atomic mass is 10.1. The molecule has 0 unspecified atom stereocenters. The van der Waals surface area contributed by atoms with Gasteiger partial charge in [0.25, 0.3) is 5.56 Å². The molecule has 0 atom stereocenters. The van der Waals surface area contributed by atoms with E-state index in [1.807, 2.05) is 12.1 Å². The van der Waals surface area contributed by atoms with E-state index >= 15 is 0 Å². The Morgan fingerprint density at radius 2 is 1.71 bits per heavy atom. The number of hydrogen-bond donors (Lipinski definition) is 1. The largest absolute Gasteiger partial charge is 0.497 e. The van der Waals surface area contributed by atoms with Crippen molar-refractivity contribution in [3.63, 3.8) is 0 Å². The topological polar surface area (TPSA) is 90.3 Å². The Morgan fingerprint density at radius 1 is 1.04 bits per heavy atom. The van der Waals surface area contributed by atoms with Crippen molar-refractivity contribution in [2.45, 2.75) is 11.4 Å². The minimum Gasteiger partial charge on any atom is -0.497 e. The van der Waals surface area contributed by atoms with Crippen LogP contribution in [0.5, 0.6) is 5.75 Å². The Hall–Kier alpha value is -2.68. The standard InChI is InChI=1S/C19H18ClN3O4S/c1-27-16-6-2-14(3-7-16)18-10-11-19(24)23(22-18)13-12-21-28(25,26)17-8-4-15(20)5-9-17/h2-11,21H,12-13H2,1H3. The van der Waals surface area contributed by atoms with Gasteiger partial charge >= 0.3 is 0 Å². The second-order valence-corrected chi connectivity index (χ2v) is 8.06. The Bertz CT molecular complexity index is 1110. The number of aromatic nitrogens is 2. The number of sulfonamides is 1. The Labute approximate surface area is 167 Å². The monoisotopic (exact) mass is 419 g/mol. The van der Waals surface area contributed by atoms with Crippen molar-refractivity contribution in [2.24, 2.45) is 0 Å². The number of nitrogens with one attached hydrogen (secondary N) is 1. The van der Waals surface area contributed by atoms with E-state index in [1.165, 1.54) is 35.0 Å². The maximum Gasteiger partial charge on any atom is 0.266 e. The average Bonchev–Trinajstić information content (AvgIpc) is 2.70. The lowest BCUT2D eigenvalue weighted by Gasteiger charge is -2.09. The van der Waals surface area contributed by atoms with Crippen LogP contribution < -0.4 is 15.0 Å². The van der Waals surface area contributed by atoms with E-state index in [9.17, 15) is 13.2 Å². The summed E-state index contributed by atoms with van der Waals surface area (Å²) in [5.74, 6) is 0.716. The number of rotatable bonds is 7. The van der Waals surface area contributed by atoms with Crippen LogP contribution in [0, 0.1) is 0 Å². The third-order valence-corrected chi connectivity index (χ3v) is 5.72. The number of halogens is 1. The summed E-state index contributed by atoms with van der Waals surface area (Å²) >= 11 is 5.78. The molecule has 28 heavy (non-hydrogen) atoms. The van der Waals surface area contributed by atoms with Gasteiger partial charge in [-0.25, -0.2) is 17.8 Å². The van der Waals surface area contributed by atoms with Crippen LogP contribution in [0.3, 0.4) is 0 Å². The molecule has 0 amide bonds. The Kier molecular flexibility index (Phi) is 6.13. The van der Waals surface area contributed by atoms with Crippen LogP contribution >= 0.6 is 11.6 Å². The van der Waals surface area contributed by atoms with Crippen LogP contribution in [0.1, 0.15) is 0 Å². The van der Waals surface area contributed by atoms with Gasteiger partial charge in [0.15, 0.2) is 0 Å². The molecule has 0 saturated heterocycles. The summed E-state index contributed by atoms with van der Waals surface area (Å²) in [7, 11) is -2.11. The van der Waals surface area contributed by atoms with Crippen molar-refractivity contribution in [1.29, 1.82) is 0 Å². The molecule has 0 saturated carbocycles. The van der Waals surface area contributed by atoms with E-state index in [2.05, 4.69) is 9.82 Å². The highest BCUT2D eigenvalue weighted by Gasteiger charge is 2.13. The molecule has 0 spiro atoms. The molecular weight excluding hydrogens is 402 g/mol. The van der Waals surface area contributed by atoms with E-state index in [0.29, 0.717) is 16.5 Å². The second kappa shape index (κ2) is 8.55. The molecule has 0 radical (unpaired) electrons. The minimum absolute atomic E-state index is 0.0178. The summed E-state index contributed by atoms with van der Waals surface area (Å²) < 4.78 is 33.4. The molecule has 3 rings (SSSR count). The first-order chi connectivity index (χ1) is 13.4. The van der Waals surface area contributed by atoms with E-state index in [-0.39, 0.29) is 23.5 Å².